The number of rotatable bonds is 8. The van der Waals surface area contributed by atoms with Crippen LogP contribution in [0, 0.1) is 5.82 Å². The zero-order valence-electron chi connectivity index (χ0n) is 21.2. The molecule has 0 bridgehead atoms. The highest BCUT2D eigenvalue weighted by atomic mass is 32.2. The van der Waals surface area contributed by atoms with Gasteiger partial charge in [0.2, 0.25) is 16.0 Å². The van der Waals surface area contributed by atoms with Crippen molar-refractivity contribution in [2.45, 2.75) is 70.4 Å². The van der Waals surface area contributed by atoms with Gasteiger partial charge in [0, 0.05) is 29.2 Å². The number of benzene rings is 1. The van der Waals surface area contributed by atoms with E-state index in [0.717, 1.165) is 25.0 Å². The van der Waals surface area contributed by atoms with Gasteiger partial charge in [-0.2, -0.15) is 18.2 Å². The minimum Gasteiger partial charge on any atom is -0.351 e. The van der Waals surface area contributed by atoms with Crippen molar-refractivity contribution < 1.29 is 30.4 Å². The van der Waals surface area contributed by atoms with E-state index >= 15 is 0 Å². The number of hydrogen-bond donors (Lipinski definition) is 2. The van der Waals surface area contributed by atoms with Crippen LogP contribution in [0.3, 0.4) is 0 Å². The van der Waals surface area contributed by atoms with Crippen molar-refractivity contribution in [1.82, 2.24) is 14.5 Å². The molecule has 2 aromatic heterocycles. The Kier molecular flexibility index (Phi) is 8.14. The molecule has 1 saturated carbocycles. The van der Waals surface area contributed by atoms with Crippen LogP contribution in [0.25, 0.3) is 22.2 Å². The maximum atomic E-state index is 14.8. The predicted octanol–water partition coefficient (Wildman–Crippen LogP) is 5.57. The molecule has 1 aromatic carbocycles. The van der Waals surface area contributed by atoms with E-state index in [-0.39, 0.29) is 29.2 Å². The minimum absolute atomic E-state index is 0.0958. The van der Waals surface area contributed by atoms with Crippen molar-refractivity contribution >= 4 is 32.7 Å². The van der Waals surface area contributed by atoms with Crippen LogP contribution < -0.4 is 15.6 Å². The van der Waals surface area contributed by atoms with Crippen LogP contribution in [-0.2, 0) is 10.0 Å². The van der Waals surface area contributed by atoms with E-state index in [2.05, 4.69) is 15.3 Å². The van der Waals surface area contributed by atoms with Crippen LogP contribution in [0.15, 0.2) is 35.3 Å². The van der Waals surface area contributed by atoms with Crippen LogP contribution in [-0.4, -0.2) is 47.1 Å². The summed E-state index contributed by atoms with van der Waals surface area (Å²) in [5, 5.41) is 3.62. The van der Waals surface area contributed by atoms with Crippen LogP contribution in [0.2, 0.25) is 0 Å². The van der Waals surface area contributed by atoms with Crippen LogP contribution in [0.1, 0.15) is 52.0 Å². The van der Waals surface area contributed by atoms with Crippen molar-refractivity contribution in [1.29, 1.82) is 0 Å². The molecule has 0 radical (unpaired) electrons. The summed E-state index contributed by atoms with van der Waals surface area (Å²) in [6, 6.07) is 4.29. The summed E-state index contributed by atoms with van der Waals surface area (Å²) in [4.78, 5) is 22.3. The van der Waals surface area contributed by atoms with Crippen molar-refractivity contribution in [3.63, 3.8) is 0 Å². The second-order valence-electron chi connectivity index (χ2n) is 9.89. The third kappa shape index (κ3) is 7.02. The molecule has 1 aliphatic carbocycles. The molecule has 212 valence electrons. The van der Waals surface area contributed by atoms with Crippen molar-refractivity contribution in [3.8, 4) is 11.1 Å². The first-order valence-electron chi connectivity index (χ1n) is 12.4. The second-order valence-corrected chi connectivity index (χ2v) is 11.7. The molecular weight excluding hydrogens is 545 g/mol. The molecule has 3 aromatic rings. The standard InChI is InChI=1S/C25H28F5N5O3S/c1-14(2)35-22-16(13-31-24(33-22)32-18-5-3-4-17(26)12-18)10-19(23(35)36)15-6-7-21(20(27)11-15)34-39(37,38)9-8-25(28,29)30/h6-7,10-11,13-14,17-18,34H,3-5,8-9,12H2,1-2H3,(H,31,32,33)/t17-,18+/m0/s1. The fourth-order valence-electron chi connectivity index (χ4n) is 4.55. The van der Waals surface area contributed by atoms with Gasteiger partial charge in [0.05, 0.1) is 17.9 Å². The van der Waals surface area contributed by atoms with Gasteiger partial charge in [-0.3, -0.25) is 14.1 Å². The van der Waals surface area contributed by atoms with E-state index in [4.69, 9.17) is 0 Å². The Morgan fingerprint density at radius 2 is 1.92 bits per heavy atom. The maximum absolute atomic E-state index is 14.8. The number of nitrogens with one attached hydrogen (secondary N) is 2. The predicted molar refractivity (Wildman–Crippen MR) is 138 cm³/mol. The summed E-state index contributed by atoms with van der Waals surface area (Å²) in [5.41, 5.74) is -0.466. The quantitative estimate of drug-likeness (QED) is 0.342. The van der Waals surface area contributed by atoms with E-state index in [9.17, 15) is 35.2 Å². The Morgan fingerprint density at radius 3 is 2.56 bits per heavy atom. The smallest absolute Gasteiger partial charge is 0.351 e. The number of hydrogen-bond acceptors (Lipinski definition) is 6. The van der Waals surface area contributed by atoms with Gasteiger partial charge in [0.15, 0.2) is 0 Å². The Labute approximate surface area is 221 Å². The Morgan fingerprint density at radius 1 is 1.18 bits per heavy atom. The Balaban J connectivity index is 1.66. The first kappa shape index (κ1) is 28.7. The zero-order chi connectivity index (χ0) is 28.5. The fraction of sp³-hybridized carbons (Fsp3) is 0.480. The molecule has 39 heavy (non-hydrogen) atoms. The summed E-state index contributed by atoms with van der Waals surface area (Å²) >= 11 is 0. The van der Waals surface area contributed by atoms with Gasteiger partial charge in [0.25, 0.3) is 5.56 Å². The molecule has 2 N–H and O–H groups in total. The van der Waals surface area contributed by atoms with Crippen molar-refractivity contribution in [2.24, 2.45) is 0 Å². The number of halogens is 5. The van der Waals surface area contributed by atoms with Crippen LogP contribution in [0.4, 0.5) is 33.6 Å². The number of fused-ring (bicyclic) bond motifs is 1. The monoisotopic (exact) mass is 573 g/mol. The molecule has 0 aliphatic heterocycles. The summed E-state index contributed by atoms with van der Waals surface area (Å²) in [5.74, 6) is -2.06. The van der Waals surface area contributed by atoms with Crippen molar-refractivity contribution in [3.05, 3.63) is 46.6 Å². The second kappa shape index (κ2) is 11.1. The van der Waals surface area contributed by atoms with Gasteiger partial charge in [-0.05, 0) is 63.3 Å². The highest BCUT2D eigenvalue weighted by Gasteiger charge is 2.30. The van der Waals surface area contributed by atoms with E-state index < -0.39 is 51.6 Å². The molecule has 2 heterocycles. The Bertz CT molecular complexity index is 1520. The zero-order valence-corrected chi connectivity index (χ0v) is 22.0. The van der Waals surface area contributed by atoms with Gasteiger partial charge in [-0.1, -0.05) is 6.07 Å². The average molecular weight is 574 g/mol. The third-order valence-electron chi connectivity index (χ3n) is 6.43. The van der Waals surface area contributed by atoms with Gasteiger partial charge in [0.1, 0.15) is 17.6 Å². The SMILES string of the molecule is CC(C)n1c(=O)c(-c2ccc(NS(=O)(=O)CCC(F)(F)F)c(F)c2)cc2cnc(N[C@@H]3CCC[C@H](F)C3)nc21. The molecule has 1 aliphatic rings. The summed E-state index contributed by atoms with van der Waals surface area (Å²) in [6.45, 7) is 3.54. The lowest BCUT2D eigenvalue weighted by Gasteiger charge is -2.25. The largest absolute Gasteiger partial charge is 0.390 e. The molecule has 8 nitrogen and oxygen atoms in total. The van der Waals surface area contributed by atoms with Crippen LogP contribution in [0.5, 0.6) is 0 Å². The number of sulfonamides is 1. The van der Waals surface area contributed by atoms with Crippen LogP contribution >= 0.6 is 0 Å². The minimum atomic E-state index is -4.68. The molecule has 0 amide bonds. The summed E-state index contributed by atoms with van der Waals surface area (Å²) < 4.78 is 93.0. The maximum Gasteiger partial charge on any atom is 0.390 e. The first-order valence-corrected chi connectivity index (χ1v) is 14.1. The van der Waals surface area contributed by atoms with E-state index in [1.54, 1.807) is 13.8 Å². The first-order chi connectivity index (χ1) is 18.2. The lowest BCUT2D eigenvalue weighted by atomic mass is 9.94. The van der Waals surface area contributed by atoms with Gasteiger partial charge in [-0.15, -0.1) is 0 Å². The molecule has 0 spiro atoms. The average Bonchev–Trinajstić information content (AvgIpc) is 2.83. The molecular formula is C25H28F5N5O3S. The summed E-state index contributed by atoms with van der Waals surface area (Å²) in [6.07, 6.45) is -3.26. The summed E-state index contributed by atoms with van der Waals surface area (Å²) in [7, 11) is -4.46. The third-order valence-corrected chi connectivity index (χ3v) is 7.71. The number of anilines is 2. The van der Waals surface area contributed by atoms with E-state index in [1.165, 1.54) is 22.9 Å². The lowest BCUT2D eigenvalue weighted by Crippen LogP contribution is -2.29. The highest BCUT2D eigenvalue weighted by molar-refractivity contribution is 7.92. The van der Waals surface area contributed by atoms with Gasteiger partial charge >= 0.3 is 6.18 Å². The van der Waals surface area contributed by atoms with E-state index in [1.807, 2.05) is 4.72 Å². The number of pyridine rings is 1. The van der Waals surface area contributed by atoms with Gasteiger partial charge in [-0.25, -0.2) is 22.2 Å². The lowest BCUT2D eigenvalue weighted by molar-refractivity contribution is -0.129. The Hall–Kier alpha value is -3.29. The molecule has 0 unspecified atom stereocenters. The molecule has 1 fully saturated rings. The van der Waals surface area contributed by atoms with E-state index in [0.29, 0.717) is 23.9 Å². The molecule has 0 saturated heterocycles. The number of nitrogens with zero attached hydrogens (tertiary/aromatic N) is 3. The molecule has 14 heteroatoms. The van der Waals surface area contributed by atoms with Crippen molar-refractivity contribution in [2.75, 3.05) is 15.8 Å². The molecule has 4 rings (SSSR count). The topological polar surface area (TPSA) is 106 Å². The number of aromatic nitrogens is 3. The van der Waals surface area contributed by atoms with Gasteiger partial charge < -0.3 is 5.32 Å². The number of alkyl halides is 4. The fourth-order valence-corrected chi connectivity index (χ4v) is 5.66. The highest BCUT2D eigenvalue weighted by Crippen LogP contribution is 2.28. The normalized spacial score (nSPS) is 18.5. The molecule has 2 atom stereocenters.